The average molecular weight is 215 g/mol. The summed E-state index contributed by atoms with van der Waals surface area (Å²) in [4.78, 5) is 0. The van der Waals surface area contributed by atoms with Gasteiger partial charge in [-0.05, 0) is 38.1 Å². The number of hydrogen-bond donors (Lipinski definition) is 2. The molecule has 2 nitrogen and oxygen atoms in total. The van der Waals surface area contributed by atoms with Crippen LogP contribution in [0.1, 0.15) is 24.9 Å². The Morgan fingerprint density at radius 2 is 2.13 bits per heavy atom. The van der Waals surface area contributed by atoms with Crippen LogP contribution in [0.3, 0.4) is 0 Å². The van der Waals surface area contributed by atoms with Crippen LogP contribution in [0.4, 0.5) is 8.78 Å². The van der Waals surface area contributed by atoms with Crippen LogP contribution in [0.15, 0.2) is 18.2 Å². The minimum atomic E-state index is -0.442. The van der Waals surface area contributed by atoms with Gasteiger partial charge in [0.05, 0.1) is 0 Å². The highest BCUT2D eigenvalue weighted by molar-refractivity contribution is 5.21. The normalized spacial score (nSPS) is 12.8. The van der Waals surface area contributed by atoms with Crippen molar-refractivity contribution in [3.8, 4) is 0 Å². The predicted molar refractivity (Wildman–Crippen MR) is 54.5 cm³/mol. The summed E-state index contributed by atoms with van der Waals surface area (Å²) in [7, 11) is 0. The first-order chi connectivity index (χ1) is 7.15. The number of halogens is 2. The van der Waals surface area contributed by atoms with E-state index in [1.54, 1.807) is 6.92 Å². The Morgan fingerprint density at radius 3 is 2.80 bits per heavy atom. The average Bonchev–Trinajstić information content (AvgIpc) is 2.22. The van der Waals surface area contributed by atoms with E-state index in [1.807, 2.05) is 0 Å². The van der Waals surface area contributed by atoms with Crippen LogP contribution in [-0.4, -0.2) is 18.3 Å². The largest absolute Gasteiger partial charge is 0.396 e. The monoisotopic (exact) mass is 215 g/mol. The van der Waals surface area contributed by atoms with Crippen molar-refractivity contribution in [2.24, 2.45) is 0 Å². The van der Waals surface area contributed by atoms with E-state index in [0.29, 0.717) is 18.5 Å². The first-order valence-electron chi connectivity index (χ1n) is 4.94. The van der Waals surface area contributed by atoms with Gasteiger partial charge >= 0.3 is 0 Å². The van der Waals surface area contributed by atoms with Crippen LogP contribution in [-0.2, 0) is 0 Å². The molecular weight excluding hydrogens is 200 g/mol. The van der Waals surface area contributed by atoms with Crippen LogP contribution in [0.5, 0.6) is 0 Å². The van der Waals surface area contributed by atoms with Crippen LogP contribution in [0.2, 0.25) is 0 Å². The van der Waals surface area contributed by atoms with Gasteiger partial charge in [-0.1, -0.05) is 0 Å². The Kier molecular flexibility index (Phi) is 4.65. The van der Waals surface area contributed by atoms with Crippen molar-refractivity contribution in [2.45, 2.75) is 19.4 Å². The maximum absolute atomic E-state index is 13.3. The zero-order chi connectivity index (χ0) is 11.3. The molecule has 0 saturated heterocycles. The fourth-order valence-electron chi connectivity index (χ4n) is 1.35. The van der Waals surface area contributed by atoms with Crippen molar-refractivity contribution in [3.05, 3.63) is 35.4 Å². The van der Waals surface area contributed by atoms with E-state index in [0.717, 1.165) is 12.1 Å². The summed E-state index contributed by atoms with van der Waals surface area (Å²) in [6.45, 7) is 2.42. The summed E-state index contributed by atoms with van der Waals surface area (Å²) in [5, 5.41) is 11.6. The molecule has 0 bridgehead atoms. The Bertz CT molecular complexity index is 317. The zero-order valence-corrected chi connectivity index (χ0v) is 8.63. The lowest BCUT2D eigenvalue weighted by Crippen LogP contribution is -2.21. The zero-order valence-electron chi connectivity index (χ0n) is 8.63. The number of benzene rings is 1. The molecule has 84 valence electrons. The van der Waals surface area contributed by atoms with E-state index >= 15 is 0 Å². The summed E-state index contributed by atoms with van der Waals surface area (Å²) in [6, 6.07) is 3.15. The molecule has 0 aliphatic carbocycles. The van der Waals surface area contributed by atoms with Crippen molar-refractivity contribution < 1.29 is 13.9 Å². The summed E-state index contributed by atoms with van der Waals surface area (Å²) in [5.41, 5.74) is 0.313. The second kappa shape index (κ2) is 5.78. The minimum absolute atomic E-state index is 0.0886. The molecule has 1 atom stereocenters. The maximum Gasteiger partial charge on any atom is 0.128 e. The molecular formula is C11H15F2NO. The molecule has 1 aromatic carbocycles. The summed E-state index contributed by atoms with van der Waals surface area (Å²) >= 11 is 0. The Labute approximate surface area is 87.9 Å². The molecule has 4 heteroatoms. The Balaban J connectivity index is 2.64. The van der Waals surface area contributed by atoms with Crippen LogP contribution in [0, 0.1) is 11.6 Å². The van der Waals surface area contributed by atoms with E-state index in [1.165, 1.54) is 6.07 Å². The van der Waals surface area contributed by atoms with E-state index in [-0.39, 0.29) is 12.6 Å². The second-order valence-electron chi connectivity index (χ2n) is 3.42. The topological polar surface area (TPSA) is 32.3 Å². The van der Waals surface area contributed by atoms with Crippen molar-refractivity contribution in [2.75, 3.05) is 13.2 Å². The predicted octanol–water partition coefficient (Wildman–Crippen LogP) is 2.00. The molecule has 1 unspecified atom stereocenters. The molecule has 2 N–H and O–H groups in total. The quantitative estimate of drug-likeness (QED) is 0.736. The van der Waals surface area contributed by atoms with Gasteiger partial charge in [0, 0.05) is 18.2 Å². The van der Waals surface area contributed by atoms with E-state index in [4.69, 9.17) is 5.11 Å². The second-order valence-corrected chi connectivity index (χ2v) is 3.42. The van der Waals surface area contributed by atoms with E-state index < -0.39 is 11.6 Å². The summed E-state index contributed by atoms with van der Waals surface area (Å²) in [5.74, 6) is -0.859. The molecule has 0 aliphatic heterocycles. The summed E-state index contributed by atoms with van der Waals surface area (Å²) < 4.78 is 26.1. The highest BCUT2D eigenvalue weighted by Crippen LogP contribution is 2.17. The molecule has 15 heavy (non-hydrogen) atoms. The molecule has 0 amide bonds. The summed E-state index contributed by atoms with van der Waals surface area (Å²) in [6.07, 6.45) is 0.598. The van der Waals surface area contributed by atoms with Crippen LogP contribution >= 0.6 is 0 Å². The standard InChI is InChI=1S/C11H15F2NO/c1-8(14-5-2-6-15)10-7-9(12)3-4-11(10)13/h3-4,7-8,14-15H,2,5-6H2,1H3. The van der Waals surface area contributed by atoms with Crippen LogP contribution in [0.25, 0.3) is 0 Å². The highest BCUT2D eigenvalue weighted by atomic mass is 19.1. The van der Waals surface area contributed by atoms with Gasteiger partial charge in [0.2, 0.25) is 0 Å². The van der Waals surface area contributed by atoms with Crippen molar-refractivity contribution in [3.63, 3.8) is 0 Å². The lowest BCUT2D eigenvalue weighted by Gasteiger charge is -2.14. The molecule has 0 aromatic heterocycles. The third-order valence-corrected chi connectivity index (χ3v) is 2.21. The molecule has 0 radical (unpaired) electrons. The molecule has 0 fully saturated rings. The third kappa shape index (κ3) is 3.57. The van der Waals surface area contributed by atoms with Gasteiger partial charge in [-0.25, -0.2) is 8.78 Å². The van der Waals surface area contributed by atoms with Gasteiger partial charge < -0.3 is 10.4 Å². The fourth-order valence-corrected chi connectivity index (χ4v) is 1.35. The number of hydrogen-bond acceptors (Lipinski definition) is 2. The number of nitrogens with one attached hydrogen (secondary N) is 1. The molecule has 0 aliphatic rings. The Morgan fingerprint density at radius 1 is 1.40 bits per heavy atom. The van der Waals surface area contributed by atoms with Gasteiger partial charge in [0.25, 0.3) is 0 Å². The van der Waals surface area contributed by atoms with Crippen LogP contribution < -0.4 is 5.32 Å². The van der Waals surface area contributed by atoms with Gasteiger partial charge in [-0.15, -0.1) is 0 Å². The van der Waals surface area contributed by atoms with Gasteiger partial charge in [0.1, 0.15) is 11.6 Å². The lowest BCUT2D eigenvalue weighted by atomic mass is 10.1. The molecule has 0 spiro atoms. The maximum atomic E-state index is 13.3. The van der Waals surface area contributed by atoms with Crippen molar-refractivity contribution in [1.82, 2.24) is 5.32 Å². The van der Waals surface area contributed by atoms with Crippen molar-refractivity contribution in [1.29, 1.82) is 0 Å². The van der Waals surface area contributed by atoms with E-state index in [9.17, 15) is 8.78 Å². The number of aliphatic hydroxyl groups excluding tert-OH is 1. The molecule has 1 aromatic rings. The Hall–Kier alpha value is -1.00. The van der Waals surface area contributed by atoms with Crippen molar-refractivity contribution >= 4 is 0 Å². The number of aliphatic hydroxyl groups is 1. The third-order valence-electron chi connectivity index (χ3n) is 2.21. The minimum Gasteiger partial charge on any atom is -0.396 e. The first-order valence-corrected chi connectivity index (χ1v) is 4.94. The molecule has 1 rings (SSSR count). The van der Waals surface area contributed by atoms with Gasteiger partial charge in [-0.2, -0.15) is 0 Å². The molecule has 0 saturated carbocycles. The smallest absolute Gasteiger partial charge is 0.128 e. The highest BCUT2D eigenvalue weighted by Gasteiger charge is 2.10. The lowest BCUT2D eigenvalue weighted by molar-refractivity contribution is 0.283. The van der Waals surface area contributed by atoms with Gasteiger partial charge in [0.15, 0.2) is 0 Å². The van der Waals surface area contributed by atoms with E-state index in [2.05, 4.69) is 5.32 Å². The first kappa shape index (κ1) is 12.1. The fraction of sp³-hybridized carbons (Fsp3) is 0.455. The number of rotatable bonds is 5. The SMILES string of the molecule is CC(NCCCO)c1cc(F)ccc1F. The van der Waals surface area contributed by atoms with Gasteiger partial charge in [-0.3, -0.25) is 0 Å². The molecule has 0 heterocycles.